The highest BCUT2D eigenvalue weighted by Crippen LogP contribution is 2.35. The van der Waals surface area contributed by atoms with E-state index in [4.69, 9.17) is 0 Å². The van der Waals surface area contributed by atoms with Gasteiger partial charge < -0.3 is 4.90 Å². The molecule has 0 radical (unpaired) electrons. The van der Waals surface area contributed by atoms with Crippen molar-refractivity contribution < 1.29 is 13.2 Å². The maximum Gasteiger partial charge on any atom is 0.204 e. The smallest absolute Gasteiger partial charge is 0.204 e. The monoisotopic (exact) mass is 443 g/mol. The van der Waals surface area contributed by atoms with E-state index >= 15 is 0 Å². The molecule has 1 heterocycles. The molecule has 2 aliphatic rings. The third-order valence-corrected chi connectivity index (χ3v) is 8.47. The van der Waals surface area contributed by atoms with Gasteiger partial charge in [0.1, 0.15) is 5.75 Å². The molecule has 0 N–H and O–H groups in total. The Morgan fingerprint density at radius 1 is 1.10 bits per heavy atom. The molecule has 1 aromatic carbocycles. The van der Waals surface area contributed by atoms with E-state index in [1.807, 2.05) is 32.8 Å². The molecule has 2 aliphatic carbocycles. The van der Waals surface area contributed by atoms with E-state index in [0.717, 1.165) is 49.8 Å². The molecule has 1 aromatic heterocycles. The normalized spacial score (nSPS) is 16.5. The van der Waals surface area contributed by atoms with Crippen LogP contribution in [0.25, 0.3) is 0 Å². The topological polar surface area (TPSA) is 72.3 Å². The van der Waals surface area contributed by atoms with Gasteiger partial charge in [-0.15, -0.1) is 0 Å². The van der Waals surface area contributed by atoms with Crippen molar-refractivity contribution in [2.45, 2.75) is 76.4 Å². The molecule has 0 saturated heterocycles. The predicted molar refractivity (Wildman–Crippen MR) is 121 cm³/mol. The second-order valence-corrected chi connectivity index (χ2v) is 11.1. The number of Topliss-reactive ketones (excluding diaryl/α,β-unsaturated/α-hetero) is 1. The molecule has 1 unspecified atom stereocenters. The Balaban J connectivity index is 1.58. The van der Waals surface area contributed by atoms with E-state index in [1.165, 1.54) is 22.3 Å². The van der Waals surface area contributed by atoms with Gasteiger partial charge in [-0.05, 0) is 94.3 Å². The zero-order chi connectivity index (χ0) is 22.3. The van der Waals surface area contributed by atoms with Crippen LogP contribution in [0.4, 0.5) is 0 Å². The van der Waals surface area contributed by atoms with Crippen molar-refractivity contribution in [3.63, 3.8) is 0 Å². The van der Waals surface area contributed by atoms with Crippen molar-refractivity contribution in [2.24, 2.45) is 0 Å². The summed E-state index contributed by atoms with van der Waals surface area (Å²) >= 11 is 0. The van der Waals surface area contributed by atoms with Crippen LogP contribution in [0.1, 0.15) is 66.2 Å². The molecular formula is C24H33N3O3S. The summed E-state index contributed by atoms with van der Waals surface area (Å²) in [6, 6.07) is 4.00. The fraction of sp³-hybridized carbons (Fsp3) is 0.583. The zero-order valence-electron chi connectivity index (χ0n) is 19.1. The minimum Gasteiger partial charge on any atom is -0.301 e. The van der Waals surface area contributed by atoms with E-state index in [9.17, 15) is 13.2 Å². The number of nitrogens with zero attached hydrogens (tertiary/aromatic N) is 3. The van der Waals surface area contributed by atoms with Crippen LogP contribution >= 0.6 is 0 Å². The summed E-state index contributed by atoms with van der Waals surface area (Å²) in [6.45, 7) is 4.54. The number of aryl methyl sites for hydroxylation is 3. The summed E-state index contributed by atoms with van der Waals surface area (Å²) in [6.07, 6.45) is 6.63. The van der Waals surface area contributed by atoms with Gasteiger partial charge in [0.05, 0.1) is 5.69 Å². The molecule has 0 fully saturated rings. The standard InChI is InChI=1S/C24H33N3O3S/c1-5-27-23(16(2)26(3)4)14-24(25-27)31(29,30)15-19(28)13-22-20-10-6-8-17(20)12-18-9-7-11-21(18)22/h12,14,16H,5-11,13,15H2,1-4H3. The molecule has 0 amide bonds. The summed E-state index contributed by atoms with van der Waals surface area (Å²) < 4.78 is 27.8. The number of fused-ring (bicyclic) bond motifs is 2. The third-order valence-electron chi connectivity index (χ3n) is 6.93. The maximum atomic E-state index is 13.1. The van der Waals surface area contributed by atoms with E-state index < -0.39 is 15.6 Å². The lowest BCUT2D eigenvalue weighted by Gasteiger charge is -2.20. The summed E-state index contributed by atoms with van der Waals surface area (Å²) in [5.74, 6) is -0.718. The maximum absolute atomic E-state index is 13.1. The Labute approximate surface area is 185 Å². The molecule has 2 aromatic rings. The summed E-state index contributed by atoms with van der Waals surface area (Å²) in [5, 5.41) is 4.34. The van der Waals surface area contributed by atoms with E-state index in [-0.39, 0.29) is 23.3 Å². The predicted octanol–water partition coefficient (Wildman–Crippen LogP) is 3.09. The Morgan fingerprint density at radius 3 is 2.26 bits per heavy atom. The largest absolute Gasteiger partial charge is 0.301 e. The SMILES string of the molecule is CCn1nc(S(=O)(=O)CC(=O)Cc2c3c(cc4c2CCC4)CCC3)cc1C(C)N(C)C. The van der Waals surface area contributed by atoms with Gasteiger partial charge in [-0.25, -0.2) is 8.42 Å². The van der Waals surface area contributed by atoms with Gasteiger partial charge in [0.2, 0.25) is 9.84 Å². The lowest BCUT2D eigenvalue weighted by molar-refractivity contribution is -0.116. The molecule has 31 heavy (non-hydrogen) atoms. The van der Waals surface area contributed by atoms with Crippen molar-refractivity contribution in [3.05, 3.63) is 45.6 Å². The number of carbonyl (C=O) groups is 1. The number of ketones is 1. The lowest BCUT2D eigenvalue weighted by atomic mass is 9.91. The Hall–Kier alpha value is -1.99. The van der Waals surface area contributed by atoms with Crippen LogP contribution in [0.5, 0.6) is 0 Å². The fourth-order valence-electron chi connectivity index (χ4n) is 5.09. The molecular weight excluding hydrogens is 410 g/mol. The number of rotatable bonds is 8. The Morgan fingerprint density at radius 2 is 1.71 bits per heavy atom. The molecule has 1 atom stereocenters. The number of sulfone groups is 1. The first kappa shape index (κ1) is 22.2. The van der Waals surface area contributed by atoms with Gasteiger partial charge in [0, 0.05) is 25.1 Å². The van der Waals surface area contributed by atoms with Crippen molar-refractivity contribution in [2.75, 3.05) is 19.8 Å². The summed E-state index contributed by atoms with van der Waals surface area (Å²) in [4.78, 5) is 15.0. The van der Waals surface area contributed by atoms with Gasteiger partial charge in [-0.1, -0.05) is 6.07 Å². The molecule has 6 nitrogen and oxygen atoms in total. The highest BCUT2D eigenvalue weighted by Gasteiger charge is 2.29. The van der Waals surface area contributed by atoms with Crippen LogP contribution in [0.3, 0.4) is 0 Å². The van der Waals surface area contributed by atoms with Crippen molar-refractivity contribution in [1.82, 2.24) is 14.7 Å². The molecule has 7 heteroatoms. The average Bonchev–Trinajstić information content (AvgIpc) is 3.45. The van der Waals surface area contributed by atoms with E-state index in [2.05, 4.69) is 11.2 Å². The molecule has 168 valence electrons. The van der Waals surface area contributed by atoms with Gasteiger partial charge >= 0.3 is 0 Å². The zero-order valence-corrected chi connectivity index (χ0v) is 19.9. The highest BCUT2D eigenvalue weighted by atomic mass is 32.2. The third kappa shape index (κ3) is 4.22. The summed E-state index contributed by atoms with van der Waals surface area (Å²) in [7, 11) is 0.122. The van der Waals surface area contributed by atoms with Crippen molar-refractivity contribution in [1.29, 1.82) is 0 Å². The van der Waals surface area contributed by atoms with E-state index in [0.29, 0.717) is 6.54 Å². The average molecular weight is 444 g/mol. The van der Waals surface area contributed by atoms with Gasteiger partial charge in [-0.3, -0.25) is 9.48 Å². The minimum atomic E-state index is -3.78. The van der Waals surface area contributed by atoms with Crippen LogP contribution in [-0.2, 0) is 53.3 Å². The number of aromatic nitrogens is 2. The fourth-order valence-corrected chi connectivity index (χ4v) is 6.29. The Bertz CT molecular complexity index is 1080. The van der Waals surface area contributed by atoms with Crippen LogP contribution < -0.4 is 0 Å². The Kier molecular flexibility index (Phi) is 6.10. The van der Waals surface area contributed by atoms with Gasteiger partial charge in [-0.2, -0.15) is 5.10 Å². The molecule has 4 rings (SSSR count). The number of carbonyl (C=O) groups excluding carboxylic acids is 1. The molecule has 0 spiro atoms. The second-order valence-electron chi connectivity index (χ2n) is 9.17. The molecule has 0 aliphatic heterocycles. The molecule has 0 bridgehead atoms. The van der Waals surface area contributed by atoms with Gasteiger partial charge in [0.25, 0.3) is 0 Å². The van der Waals surface area contributed by atoms with Crippen LogP contribution in [-0.4, -0.2) is 48.7 Å². The minimum absolute atomic E-state index is 0.00918. The van der Waals surface area contributed by atoms with Gasteiger partial charge in [0.15, 0.2) is 10.8 Å². The second kappa shape index (κ2) is 8.51. The van der Waals surface area contributed by atoms with Crippen LogP contribution in [0, 0.1) is 0 Å². The van der Waals surface area contributed by atoms with Crippen LogP contribution in [0.15, 0.2) is 17.2 Å². The number of hydrogen-bond donors (Lipinski definition) is 0. The van der Waals surface area contributed by atoms with Crippen LogP contribution in [0.2, 0.25) is 0 Å². The lowest BCUT2D eigenvalue weighted by Crippen LogP contribution is -2.20. The number of benzene rings is 1. The van der Waals surface area contributed by atoms with Crippen molar-refractivity contribution >= 4 is 15.6 Å². The first-order chi connectivity index (χ1) is 14.7. The molecule has 0 saturated carbocycles. The highest BCUT2D eigenvalue weighted by molar-refractivity contribution is 7.92. The summed E-state index contributed by atoms with van der Waals surface area (Å²) in [5.41, 5.74) is 7.33. The van der Waals surface area contributed by atoms with E-state index in [1.54, 1.807) is 10.7 Å². The number of hydrogen-bond acceptors (Lipinski definition) is 5. The first-order valence-corrected chi connectivity index (χ1v) is 13.0. The quantitative estimate of drug-likeness (QED) is 0.627. The first-order valence-electron chi connectivity index (χ1n) is 11.3. The van der Waals surface area contributed by atoms with Crippen molar-refractivity contribution in [3.8, 4) is 0 Å².